The van der Waals surface area contributed by atoms with Crippen LogP contribution in [-0.2, 0) is 16.4 Å². The maximum atomic E-state index is 13.7. The lowest BCUT2D eigenvalue weighted by molar-refractivity contribution is 0.570. The van der Waals surface area contributed by atoms with E-state index in [9.17, 15) is 22.4 Å². The number of sulfone groups is 1. The number of H-pyrrole nitrogens is 1. The quantitative estimate of drug-likeness (QED) is 0.811. The lowest BCUT2D eigenvalue weighted by atomic mass is 10.0. The molecule has 0 bridgehead atoms. The zero-order valence-electron chi connectivity index (χ0n) is 13.2. The van der Waals surface area contributed by atoms with Crippen molar-refractivity contribution in [3.05, 3.63) is 68.7 Å². The van der Waals surface area contributed by atoms with Gasteiger partial charge in [-0.1, -0.05) is 25.1 Å². The Labute approximate surface area is 138 Å². The Balaban J connectivity index is 1.95. The van der Waals surface area contributed by atoms with E-state index >= 15 is 0 Å². The molecule has 1 aromatic heterocycles. The summed E-state index contributed by atoms with van der Waals surface area (Å²) < 4.78 is 39.3. The number of hydrogen-bond donors (Lipinski definition) is 1. The van der Waals surface area contributed by atoms with Gasteiger partial charge in [-0.15, -0.1) is 0 Å². The summed E-state index contributed by atoms with van der Waals surface area (Å²) in [6.45, 7) is 1.85. The standard InChI is InChI=1S/C16H19FN2O4S/c1-12(13-5-2-3-6-14(13)17)11-24(22,23)10-4-8-19-9-7-15(20)18-16(19)21/h2-3,5-7,9,12H,4,8,10-11H2,1H3,(H,18,20,21)/t12-/m0/s1. The molecule has 0 saturated carbocycles. The van der Waals surface area contributed by atoms with Crippen LogP contribution in [0.15, 0.2) is 46.1 Å². The van der Waals surface area contributed by atoms with Crippen molar-refractivity contribution in [3.8, 4) is 0 Å². The summed E-state index contributed by atoms with van der Waals surface area (Å²) in [6.07, 6.45) is 1.56. The molecule has 0 spiro atoms. The van der Waals surface area contributed by atoms with Crippen LogP contribution in [-0.4, -0.2) is 29.5 Å². The van der Waals surface area contributed by atoms with Crippen molar-refractivity contribution in [3.63, 3.8) is 0 Å². The van der Waals surface area contributed by atoms with Gasteiger partial charge in [-0.2, -0.15) is 0 Å². The van der Waals surface area contributed by atoms with Gasteiger partial charge in [-0.05, 0) is 24.0 Å². The first-order chi connectivity index (χ1) is 11.3. The van der Waals surface area contributed by atoms with Gasteiger partial charge in [-0.3, -0.25) is 9.78 Å². The van der Waals surface area contributed by atoms with E-state index < -0.39 is 32.8 Å². The fourth-order valence-electron chi connectivity index (χ4n) is 2.50. The van der Waals surface area contributed by atoms with E-state index in [0.29, 0.717) is 5.56 Å². The van der Waals surface area contributed by atoms with Gasteiger partial charge < -0.3 is 4.57 Å². The maximum absolute atomic E-state index is 13.7. The van der Waals surface area contributed by atoms with E-state index in [1.165, 1.54) is 22.9 Å². The van der Waals surface area contributed by atoms with Crippen LogP contribution in [0.5, 0.6) is 0 Å². The molecule has 0 unspecified atom stereocenters. The lowest BCUT2D eigenvalue weighted by Crippen LogP contribution is -2.29. The second-order valence-corrected chi connectivity index (χ2v) is 7.92. The minimum atomic E-state index is -3.39. The van der Waals surface area contributed by atoms with Gasteiger partial charge in [0.2, 0.25) is 0 Å². The third kappa shape index (κ3) is 4.89. The summed E-state index contributed by atoms with van der Waals surface area (Å²) in [7, 11) is -3.39. The molecule has 0 aliphatic heterocycles. The molecule has 0 fully saturated rings. The number of nitrogens with one attached hydrogen (secondary N) is 1. The van der Waals surface area contributed by atoms with Crippen LogP contribution in [0.4, 0.5) is 4.39 Å². The smallest absolute Gasteiger partial charge is 0.301 e. The van der Waals surface area contributed by atoms with E-state index in [0.717, 1.165) is 0 Å². The highest BCUT2D eigenvalue weighted by molar-refractivity contribution is 7.91. The SMILES string of the molecule is C[C@@H](CS(=O)(=O)CCCn1ccc(=O)[nH]c1=O)c1ccccc1F. The Morgan fingerprint density at radius 3 is 2.58 bits per heavy atom. The summed E-state index contributed by atoms with van der Waals surface area (Å²) in [5.41, 5.74) is -0.694. The normalized spacial score (nSPS) is 12.9. The van der Waals surface area contributed by atoms with E-state index in [1.54, 1.807) is 25.1 Å². The van der Waals surface area contributed by atoms with Crippen LogP contribution < -0.4 is 11.2 Å². The highest BCUT2D eigenvalue weighted by atomic mass is 32.2. The largest absolute Gasteiger partial charge is 0.328 e. The Kier molecular flexibility index (Phi) is 5.71. The van der Waals surface area contributed by atoms with Gasteiger partial charge >= 0.3 is 5.69 Å². The number of benzene rings is 1. The zero-order chi connectivity index (χ0) is 17.7. The van der Waals surface area contributed by atoms with Gasteiger partial charge in [-0.25, -0.2) is 17.6 Å². The second kappa shape index (κ2) is 7.57. The molecular formula is C16H19FN2O4S. The molecule has 1 atom stereocenters. The van der Waals surface area contributed by atoms with Crippen LogP contribution in [0.1, 0.15) is 24.8 Å². The minimum Gasteiger partial charge on any atom is -0.301 e. The fraction of sp³-hybridized carbons (Fsp3) is 0.375. The molecule has 6 nitrogen and oxygen atoms in total. The molecule has 2 aromatic rings. The van der Waals surface area contributed by atoms with E-state index in [2.05, 4.69) is 4.98 Å². The van der Waals surface area contributed by atoms with Crippen molar-refractivity contribution in [2.75, 3.05) is 11.5 Å². The van der Waals surface area contributed by atoms with Crippen LogP contribution in [0.3, 0.4) is 0 Å². The molecule has 0 aliphatic carbocycles. The highest BCUT2D eigenvalue weighted by Gasteiger charge is 2.19. The van der Waals surface area contributed by atoms with E-state index in [1.807, 2.05) is 0 Å². The molecule has 130 valence electrons. The first-order valence-electron chi connectivity index (χ1n) is 7.53. The number of aromatic amines is 1. The summed E-state index contributed by atoms with van der Waals surface area (Å²) in [6, 6.07) is 7.32. The third-order valence-corrected chi connectivity index (χ3v) is 5.61. The Morgan fingerprint density at radius 1 is 1.21 bits per heavy atom. The highest BCUT2D eigenvalue weighted by Crippen LogP contribution is 2.20. The first-order valence-corrected chi connectivity index (χ1v) is 9.35. The molecule has 0 radical (unpaired) electrons. The summed E-state index contributed by atoms with van der Waals surface area (Å²) >= 11 is 0. The molecule has 0 saturated heterocycles. The van der Waals surface area contributed by atoms with E-state index in [4.69, 9.17) is 0 Å². The van der Waals surface area contributed by atoms with Crippen LogP contribution in [0.2, 0.25) is 0 Å². The van der Waals surface area contributed by atoms with Crippen molar-refractivity contribution >= 4 is 9.84 Å². The Morgan fingerprint density at radius 2 is 1.92 bits per heavy atom. The van der Waals surface area contributed by atoms with Crippen molar-refractivity contribution in [1.29, 1.82) is 0 Å². The van der Waals surface area contributed by atoms with E-state index in [-0.39, 0.29) is 24.5 Å². The van der Waals surface area contributed by atoms with Gasteiger partial charge in [0, 0.05) is 18.8 Å². The molecule has 8 heteroatoms. The molecule has 0 aliphatic rings. The molecular weight excluding hydrogens is 335 g/mol. The van der Waals surface area contributed by atoms with Gasteiger partial charge in [0.1, 0.15) is 5.82 Å². The van der Waals surface area contributed by atoms with Crippen molar-refractivity contribution < 1.29 is 12.8 Å². The average Bonchev–Trinajstić information content (AvgIpc) is 2.49. The third-order valence-electron chi connectivity index (χ3n) is 3.69. The molecule has 1 N–H and O–H groups in total. The Bertz CT molecular complexity index is 918. The number of halogens is 1. The van der Waals surface area contributed by atoms with Crippen LogP contribution >= 0.6 is 0 Å². The number of aryl methyl sites for hydroxylation is 1. The first kappa shape index (κ1) is 18.1. The second-order valence-electron chi connectivity index (χ2n) is 5.69. The van der Waals surface area contributed by atoms with Crippen molar-refractivity contribution in [2.24, 2.45) is 0 Å². The predicted molar refractivity (Wildman–Crippen MR) is 89.4 cm³/mol. The van der Waals surface area contributed by atoms with Crippen molar-refractivity contribution in [1.82, 2.24) is 9.55 Å². The van der Waals surface area contributed by atoms with Crippen LogP contribution in [0.25, 0.3) is 0 Å². The number of nitrogens with zero attached hydrogens (tertiary/aromatic N) is 1. The van der Waals surface area contributed by atoms with Crippen LogP contribution in [0, 0.1) is 5.82 Å². The minimum absolute atomic E-state index is 0.114. The lowest BCUT2D eigenvalue weighted by Gasteiger charge is -2.13. The predicted octanol–water partition coefficient (Wildman–Crippen LogP) is 1.28. The molecule has 2 rings (SSSR count). The summed E-state index contributed by atoms with van der Waals surface area (Å²) in [4.78, 5) is 24.6. The van der Waals surface area contributed by atoms with Gasteiger partial charge in [0.15, 0.2) is 9.84 Å². The number of rotatable bonds is 7. The zero-order valence-corrected chi connectivity index (χ0v) is 14.1. The van der Waals surface area contributed by atoms with Crippen molar-refractivity contribution in [2.45, 2.75) is 25.8 Å². The number of hydrogen-bond acceptors (Lipinski definition) is 4. The summed E-state index contributed by atoms with van der Waals surface area (Å²) in [5.74, 6) is -1.14. The molecule has 1 heterocycles. The maximum Gasteiger partial charge on any atom is 0.328 e. The average molecular weight is 354 g/mol. The van der Waals surface area contributed by atoms with Gasteiger partial charge in [0.25, 0.3) is 5.56 Å². The molecule has 1 aromatic carbocycles. The monoisotopic (exact) mass is 354 g/mol. The number of aromatic nitrogens is 2. The molecule has 0 amide bonds. The van der Waals surface area contributed by atoms with Gasteiger partial charge in [0.05, 0.1) is 11.5 Å². The molecule has 24 heavy (non-hydrogen) atoms. The topological polar surface area (TPSA) is 89.0 Å². The fourth-order valence-corrected chi connectivity index (χ4v) is 4.18. The Hall–Kier alpha value is -2.22. The summed E-state index contributed by atoms with van der Waals surface area (Å²) in [5, 5.41) is 0.